The van der Waals surface area contributed by atoms with Gasteiger partial charge in [0.15, 0.2) is 0 Å². The van der Waals surface area contributed by atoms with Crippen molar-refractivity contribution in [1.82, 2.24) is 15.0 Å². The first-order valence-corrected chi connectivity index (χ1v) is 6.00. The van der Waals surface area contributed by atoms with E-state index in [1.54, 1.807) is 24.5 Å². The van der Waals surface area contributed by atoms with Gasteiger partial charge in [-0.25, -0.2) is 9.97 Å². The number of hydrogen-bond acceptors (Lipinski definition) is 5. The van der Waals surface area contributed by atoms with Crippen LogP contribution in [0.2, 0.25) is 5.02 Å². The molecule has 0 aliphatic carbocycles. The van der Waals surface area contributed by atoms with Gasteiger partial charge >= 0.3 is 0 Å². The van der Waals surface area contributed by atoms with Crippen LogP contribution in [0.4, 0.5) is 5.82 Å². The van der Waals surface area contributed by atoms with E-state index >= 15 is 0 Å². The second kappa shape index (κ2) is 6.16. The summed E-state index contributed by atoms with van der Waals surface area (Å²) in [6.07, 6.45) is 5.60. The van der Waals surface area contributed by atoms with Crippen molar-refractivity contribution in [2.24, 2.45) is 0 Å². The number of ether oxygens (including phenoxy) is 1. The molecular weight excluding hydrogens is 252 g/mol. The smallest absolute Gasteiger partial charge is 0.224 e. The maximum absolute atomic E-state index is 5.82. The Balaban J connectivity index is 2.09. The zero-order valence-corrected chi connectivity index (χ0v) is 10.7. The topological polar surface area (TPSA) is 59.9 Å². The van der Waals surface area contributed by atoms with Crippen LogP contribution in [0.25, 0.3) is 0 Å². The number of rotatable bonds is 5. The molecule has 0 saturated heterocycles. The number of halogens is 1. The molecule has 1 N–H and O–H groups in total. The van der Waals surface area contributed by atoms with Crippen molar-refractivity contribution in [2.45, 2.75) is 13.3 Å². The van der Waals surface area contributed by atoms with Gasteiger partial charge in [-0.2, -0.15) is 0 Å². The Kier molecular flexibility index (Phi) is 4.30. The first-order chi connectivity index (χ1) is 8.78. The van der Waals surface area contributed by atoms with Crippen LogP contribution in [-0.4, -0.2) is 21.5 Å². The van der Waals surface area contributed by atoms with Gasteiger partial charge in [-0.3, -0.25) is 4.98 Å². The van der Waals surface area contributed by atoms with E-state index in [4.69, 9.17) is 16.3 Å². The Morgan fingerprint density at radius 2 is 2.17 bits per heavy atom. The molecule has 0 aliphatic heterocycles. The molecule has 0 aromatic carbocycles. The molecule has 2 aromatic heterocycles. The molecule has 5 nitrogen and oxygen atoms in total. The van der Waals surface area contributed by atoms with E-state index in [9.17, 15) is 0 Å². The molecule has 0 atom stereocenters. The van der Waals surface area contributed by atoms with Crippen molar-refractivity contribution in [3.8, 4) is 11.6 Å². The van der Waals surface area contributed by atoms with E-state index in [1.165, 1.54) is 6.33 Å². The van der Waals surface area contributed by atoms with Crippen LogP contribution in [0.3, 0.4) is 0 Å². The largest absolute Gasteiger partial charge is 0.437 e. The third-order valence-electron chi connectivity index (χ3n) is 2.10. The summed E-state index contributed by atoms with van der Waals surface area (Å²) in [4.78, 5) is 12.1. The van der Waals surface area contributed by atoms with Gasteiger partial charge in [0, 0.05) is 24.9 Å². The maximum Gasteiger partial charge on any atom is 0.224 e. The van der Waals surface area contributed by atoms with Gasteiger partial charge in [0.2, 0.25) is 5.88 Å². The molecule has 0 unspecified atom stereocenters. The number of anilines is 1. The van der Waals surface area contributed by atoms with Crippen molar-refractivity contribution < 1.29 is 4.74 Å². The number of nitrogens with one attached hydrogen (secondary N) is 1. The van der Waals surface area contributed by atoms with Crippen LogP contribution in [0.1, 0.15) is 13.3 Å². The van der Waals surface area contributed by atoms with Gasteiger partial charge in [0.25, 0.3) is 0 Å². The summed E-state index contributed by atoms with van der Waals surface area (Å²) >= 11 is 5.82. The highest BCUT2D eigenvalue weighted by atomic mass is 35.5. The van der Waals surface area contributed by atoms with Gasteiger partial charge in [-0.1, -0.05) is 18.5 Å². The fourth-order valence-corrected chi connectivity index (χ4v) is 1.48. The molecule has 0 amide bonds. The van der Waals surface area contributed by atoms with Crippen LogP contribution in [0, 0.1) is 0 Å². The minimum Gasteiger partial charge on any atom is -0.437 e. The lowest BCUT2D eigenvalue weighted by molar-refractivity contribution is 0.459. The average Bonchev–Trinajstić information content (AvgIpc) is 2.37. The minimum absolute atomic E-state index is 0.452. The lowest BCUT2D eigenvalue weighted by Gasteiger charge is -2.07. The predicted molar refractivity (Wildman–Crippen MR) is 70.1 cm³/mol. The molecule has 2 aromatic rings. The van der Waals surface area contributed by atoms with Crippen LogP contribution in [0.5, 0.6) is 11.6 Å². The lowest BCUT2D eigenvalue weighted by Crippen LogP contribution is -2.02. The molecule has 0 radical (unpaired) electrons. The summed E-state index contributed by atoms with van der Waals surface area (Å²) in [6, 6.07) is 3.41. The van der Waals surface area contributed by atoms with E-state index < -0.39 is 0 Å². The van der Waals surface area contributed by atoms with Crippen LogP contribution < -0.4 is 10.1 Å². The van der Waals surface area contributed by atoms with E-state index in [0.29, 0.717) is 16.7 Å². The van der Waals surface area contributed by atoms with Gasteiger partial charge in [0.05, 0.1) is 11.2 Å². The van der Waals surface area contributed by atoms with Crippen LogP contribution >= 0.6 is 11.6 Å². The number of hydrogen-bond donors (Lipinski definition) is 1. The SMILES string of the molecule is CCCNc1cc(Oc2cncc(Cl)c2)ncn1. The van der Waals surface area contributed by atoms with Crippen molar-refractivity contribution >= 4 is 17.4 Å². The molecule has 0 fully saturated rings. The normalized spacial score (nSPS) is 10.1. The Morgan fingerprint density at radius 3 is 2.94 bits per heavy atom. The Morgan fingerprint density at radius 1 is 1.28 bits per heavy atom. The molecular formula is C12H13ClN4O. The third kappa shape index (κ3) is 3.56. The molecule has 0 saturated carbocycles. The van der Waals surface area contributed by atoms with Gasteiger partial charge < -0.3 is 10.1 Å². The zero-order chi connectivity index (χ0) is 12.8. The maximum atomic E-state index is 5.82. The summed E-state index contributed by atoms with van der Waals surface area (Å²) < 4.78 is 5.54. The van der Waals surface area contributed by atoms with E-state index in [1.807, 2.05) is 0 Å². The van der Waals surface area contributed by atoms with E-state index in [2.05, 4.69) is 27.2 Å². The number of aromatic nitrogens is 3. The fourth-order valence-electron chi connectivity index (χ4n) is 1.31. The molecule has 0 aliphatic rings. The Bertz CT molecular complexity index is 521. The van der Waals surface area contributed by atoms with Gasteiger partial charge in [-0.15, -0.1) is 0 Å². The highest BCUT2D eigenvalue weighted by Crippen LogP contribution is 2.22. The Labute approximate surface area is 110 Å². The summed E-state index contributed by atoms with van der Waals surface area (Å²) in [5.74, 6) is 1.73. The predicted octanol–water partition coefficient (Wildman–Crippen LogP) is 3.14. The molecule has 2 heterocycles. The first kappa shape index (κ1) is 12.6. The lowest BCUT2D eigenvalue weighted by atomic mass is 10.4. The van der Waals surface area contributed by atoms with Crippen molar-refractivity contribution in [3.05, 3.63) is 35.9 Å². The monoisotopic (exact) mass is 264 g/mol. The minimum atomic E-state index is 0.452. The highest BCUT2D eigenvalue weighted by molar-refractivity contribution is 6.30. The average molecular weight is 265 g/mol. The van der Waals surface area contributed by atoms with Gasteiger partial charge in [-0.05, 0) is 6.42 Å². The first-order valence-electron chi connectivity index (χ1n) is 5.62. The summed E-state index contributed by atoms with van der Waals surface area (Å²) in [6.45, 7) is 2.94. The molecule has 6 heteroatoms. The van der Waals surface area contributed by atoms with Crippen LogP contribution in [0.15, 0.2) is 30.9 Å². The van der Waals surface area contributed by atoms with Crippen molar-refractivity contribution in [1.29, 1.82) is 0 Å². The second-order valence-corrected chi connectivity index (χ2v) is 4.05. The molecule has 18 heavy (non-hydrogen) atoms. The molecule has 94 valence electrons. The summed E-state index contributed by atoms with van der Waals surface area (Å²) in [5, 5.41) is 3.68. The molecule has 2 rings (SSSR count). The number of nitrogens with zero attached hydrogens (tertiary/aromatic N) is 3. The molecule has 0 spiro atoms. The van der Waals surface area contributed by atoms with Crippen molar-refractivity contribution in [2.75, 3.05) is 11.9 Å². The summed E-state index contributed by atoms with van der Waals surface area (Å²) in [5.41, 5.74) is 0. The third-order valence-corrected chi connectivity index (χ3v) is 2.31. The van der Waals surface area contributed by atoms with E-state index in [-0.39, 0.29) is 0 Å². The zero-order valence-electron chi connectivity index (χ0n) is 9.93. The van der Waals surface area contributed by atoms with Gasteiger partial charge in [0.1, 0.15) is 17.9 Å². The fraction of sp³-hybridized carbons (Fsp3) is 0.250. The standard InChI is InChI=1S/C12H13ClN4O/c1-2-3-15-11-5-12(17-8-16-11)18-10-4-9(13)6-14-7-10/h4-8H,2-3H2,1H3,(H,15,16,17). The van der Waals surface area contributed by atoms with Crippen molar-refractivity contribution in [3.63, 3.8) is 0 Å². The summed E-state index contributed by atoms with van der Waals surface area (Å²) in [7, 11) is 0. The van der Waals surface area contributed by atoms with E-state index in [0.717, 1.165) is 18.8 Å². The Hall–Kier alpha value is -1.88. The molecule has 0 bridgehead atoms. The van der Waals surface area contributed by atoms with Crippen LogP contribution in [-0.2, 0) is 0 Å². The highest BCUT2D eigenvalue weighted by Gasteiger charge is 2.02. The second-order valence-electron chi connectivity index (χ2n) is 3.61. The number of pyridine rings is 1. The quantitative estimate of drug-likeness (QED) is 0.899.